The van der Waals surface area contributed by atoms with Gasteiger partial charge in [0.2, 0.25) is 0 Å². The van der Waals surface area contributed by atoms with Gasteiger partial charge in [0.05, 0.1) is 0 Å². The molecular formula is C18H31NS. The minimum absolute atomic E-state index is 0.515. The Kier molecular flexibility index (Phi) is 9.86. The molecule has 20 heavy (non-hydrogen) atoms. The molecule has 0 saturated heterocycles. The highest BCUT2D eigenvalue weighted by atomic mass is 32.2. The SMILES string of the molecule is CCCCCCCCCC(NC)c1ccc(SC)cc1. The topological polar surface area (TPSA) is 12.0 Å². The number of hydrogen-bond donors (Lipinski definition) is 1. The van der Waals surface area contributed by atoms with Crippen LogP contribution in [0.4, 0.5) is 0 Å². The highest BCUT2D eigenvalue weighted by molar-refractivity contribution is 7.98. The average Bonchev–Trinajstić information content (AvgIpc) is 2.50. The summed E-state index contributed by atoms with van der Waals surface area (Å²) in [5.41, 5.74) is 1.43. The van der Waals surface area contributed by atoms with E-state index >= 15 is 0 Å². The van der Waals surface area contributed by atoms with Crippen LogP contribution in [0.5, 0.6) is 0 Å². The van der Waals surface area contributed by atoms with Gasteiger partial charge in [-0.05, 0) is 37.4 Å². The summed E-state index contributed by atoms with van der Waals surface area (Å²) in [7, 11) is 2.08. The Hall–Kier alpha value is -0.470. The number of nitrogens with one attached hydrogen (secondary N) is 1. The summed E-state index contributed by atoms with van der Waals surface area (Å²) in [4.78, 5) is 1.35. The van der Waals surface area contributed by atoms with Gasteiger partial charge in [-0.25, -0.2) is 0 Å². The molecule has 0 radical (unpaired) electrons. The van der Waals surface area contributed by atoms with E-state index in [1.807, 2.05) is 11.8 Å². The van der Waals surface area contributed by atoms with Gasteiger partial charge in [0.1, 0.15) is 0 Å². The van der Waals surface area contributed by atoms with Crippen molar-refractivity contribution in [3.05, 3.63) is 29.8 Å². The van der Waals surface area contributed by atoms with Gasteiger partial charge < -0.3 is 5.32 Å². The minimum Gasteiger partial charge on any atom is -0.313 e. The van der Waals surface area contributed by atoms with Crippen LogP contribution in [0.3, 0.4) is 0 Å². The lowest BCUT2D eigenvalue weighted by Gasteiger charge is -2.17. The summed E-state index contributed by atoms with van der Waals surface area (Å²) in [6.07, 6.45) is 13.1. The molecule has 114 valence electrons. The molecular weight excluding hydrogens is 262 g/mol. The first kappa shape index (κ1) is 17.6. The van der Waals surface area contributed by atoms with Crippen LogP contribution < -0.4 is 5.32 Å². The average molecular weight is 294 g/mol. The highest BCUT2D eigenvalue weighted by Gasteiger charge is 2.08. The predicted molar refractivity (Wildman–Crippen MR) is 92.6 cm³/mol. The standard InChI is InChI=1S/C18H31NS/c1-4-5-6-7-8-9-10-11-18(19-2)16-12-14-17(20-3)15-13-16/h12-15,18-19H,4-11H2,1-3H3. The van der Waals surface area contributed by atoms with E-state index in [0.717, 1.165) is 0 Å². The maximum atomic E-state index is 3.46. The normalized spacial score (nSPS) is 12.6. The second-order valence-corrected chi connectivity index (χ2v) is 6.40. The molecule has 1 atom stereocenters. The fraction of sp³-hybridized carbons (Fsp3) is 0.667. The fourth-order valence-electron chi connectivity index (χ4n) is 2.62. The molecule has 0 amide bonds. The van der Waals surface area contributed by atoms with Crippen molar-refractivity contribution in [1.29, 1.82) is 0 Å². The van der Waals surface area contributed by atoms with E-state index in [9.17, 15) is 0 Å². The zero-order chi connectivity index (χ0) is 14.6. The van der Waals surface area contributed by atoms with E-state index in [0.29, 0.717) is 6.04 Å². The third-order valence-electron chi connectivity index (χ3n) is 3.96. The van der Waals surface area contributed by atoms with Crippen LogP contribution in [0.25, 0.3) is 0 Å². The Morgan fingerprint density at radius 3 is 2.10 bits per heavy atom. The van der Waals surface area contributed by atoms with Gasteiger partial charge in [0.25, 0.3) is 0 Å². The van der Waals surface area contributed by atoms with Crippen molar-refractivity contribution in [2.75, 3.05) is 13.3 Å². The number of thioether (sulfide) groups is 1. The van der Waals surface area contributed by atoms with Crippen molar-refractivity contribution in [3.8, 4) is 0 Å². The predicted octanol–water partition coefficient (Wildman–Crippen LogP) is 5.81. The maximum absolute atomic E-state index is 3.46. The third-order valence-corrected chi connectivity index (χ3v) is 4.71. The monoisotopic (exact) mass is 293 g/mol. The first-order valence-electron chi connectivity index (χ1n) is 8.13. The Morgan fingerprint density at radius 1 is 0.950 bits per heavy atom. The molecule has 0 aliphatic heterocycles. The van der Waals surface area contributed by atoms with Crippen LogP contribution in [-0.4, -0.2) is 13.3 Å². The van der Waals surface area contributed by atoms with Crippen molar-refractivity contribution in [1.82, 2.24) is 5.32 Å². The Morgan fingerprint density at radius 2 is 1.55 bits per heavy atom. The van der Waals surface area contributed by atoms with Crippen LogP contribution in [0, 0.1) is 0 Å². The largest absolute Gasteiger partial charge is 0.313 e. The van der Waals surface area contributed by atoms with Crippen molar-refractivity contribution >= 4 is 11.8 Å². The van der Waals surface area contributed by atoms with E-state index in [-0.39, 0.29) is 0 Å². The Balaban J connectivity index is 2.24. The molecule has 1 N–H and O–H groups in total. The summed E-state index contributed by atoms with van der Waals surface area (Å²) in [6.45, 7) is 2.28. The van der Waals surface area contributed by atoms with Gasteiger partial charge in [-0.1, -0.05) is 64.0 Å². The second kappa shape index (κ2) is 11.2. The second-order valence-electron chi connectivity index (χ2n) is 5.52. The fourth-order valence-corrected chi connectivity index (χ4v) is 3.03. The van der Waals surface area contributed by atoms with Gasteiger partial charge in [-0.2, -0.15) is 0 Å². The molecule has 1 rings (SSSR count). The number of rotatable bonds is 11. The molecule has 0 aliphatic rings. The smallest absolute Gasteiger partial charge is 0.0317 e. The first-order valence-corrected chi connectivity index (χ1v) is 9.35. The number of unbranched alkanes of at least 4 members (excludes halogenated alkanes) is 6. The van der Waals surface area contributed by atoms with Crippen LogP contribution in [0.15, 0.2) is 29.2 Å². The molecule has 2 heteroatoms. The molecule has 0 aromatic heterocycles. The molecule has 0 saturated carbocycles. The Labute approximate surface area is 129 Å². The summed E-state index contributed by atoms with van der Waals surface area (Å²) in [5, 5.41) is 3.46. The number of hydrogen-bond acceptors (Lipinski definition) is 2. The van der Waals surface area contributed by atoms with Gasteiger partial charge in [0, 0.05) is 10.9 Å². The zero-order valence-electron chi connectivity index (χ0n) is 13.5. The molecule has 0 heterocycles. The highest BCUT2D eigenvalue weighted by Crippen LogP contribution is 2.23. The summed E-state index contributed by atoms with van der Waals surface area (Å²) in [5.74, 6) is 0. The van der Waals surface area contributed by atoms with E-state index in [1.165, 1.54) is 61.8 Å². The van der Waals surface area contributed by atoms with Crippen LogP contribution in [0.1, 0.15) is 69.9 Å². The van der Waals surface area contributed by atoms with Crippen molar-refractivity contribution in [2.24, 2.45) is 0 Å². The molecule has 0 aliphatic carbocycles. The van der Waals surface area contributed by atoms with Crippen molar-refractivity contribution in [3.63, 3.8) is 0 Å². The van der Waals surface area contributed by atoms with Gasteiger partial charge in [-0.3, -0.25) is 0 Å². The van der Waals surface area contributed by atoms with Crippen molar-refractivity contribution < 1.29 is 0 Å². The van der Waals surface area contributed by atoms with E-state index in [2.05, 4.69) is 49.8 Å². The van der Waals surface area contributed by atoms with E-state index in [4.69, 9.17) is 0 Å². The lowest BCUT2D eigenvalue weighted by molar-refractivity contribution is 0.495. The van der Waals surface area contributed by atoms with Gasteiger partial charge >= 0.3 is 0 Å². The minimum atomic E-state index is 0.515. The van der Waals surface area contributed by atoms with Gasteiger partial charge in [0.15, 0.2) is 0 Å². The summed E-state index contributed by atoms with van der Waals surface area (Å²) >= 11 is 1.81. The van der Waals surface area contributed by atoms with E-state index in [1.54, 1.807) is 0 Å². The molecule has 0 fully saturated rings. The molecule has 1 aromatic carbocycles. The molecule has 0 bridgehead atoms. The lowest BCUT2D eigenvalue weighted by atomic mass is 9.99. The van der Waals surface area contributed by atoms with Crippen LogP contribution in [-0.2, 0) is 0 Å². The summed E-state index contributed by atoms with van der Waals surface area (Å²) < 4.78 is 0. The number of benzene rings is 1. The molecule has 1 nitrogen and oxygen atoms in total. The molecule has 0 spiro atoms. The maximum Gasteiger partial charge on any atom is 0.0317 e. The van der Waals surface area contributed by atoms with Gasteiger partial charge in [-0.15, -0.1) is 11.8 Å². The van der Waals surface area contributed by atoms with Crippen molar-refractivity contribution in [2.45, 2.75) is 69.2 Å². The Bertz CT molecular complexity index is 334. The molecule has 1 unspecified atom stereocenters. The van der Waals surface area contributed by atoms with Crippen LogP contribution >= 0.6 is 11.8 Å². The third kappa shape index (κ3) is 6.81. The van der Waals surface area contributed by atoms with E-state index < -0.39 is 0 Å². The summed E-state index contributed by atoms with van der Waals surface area (Å²) in [6, 6.07) is 9.52. The molecule has 1 aromatic rings. The zero-order valence-corrected chi connectivity index (χ0v) is 14.3. The lowest BCUT2D eigenvalue weighted by Crippen LogP contribution is -2.16. The first-order chi connectivity index (χ1) is 9.81. The quantitative estimate of drug-likeness (QED) is 0.408. The van der Waals surface area contributed by atoms with Crippen LogP contribution in [0.2, 0.25) is 0 Å².